The summed E-state index contributed by atoms with van der Waals surface area (Å²) in [5.41, 5.74) is 1.14. The average Bonchev–Trinajstić information content (AvgIpc) is 2.85. The lowest BCUT2D eigenvalue weighted by Gasteiger charge is -2.20. The van der Waals surface area contributed by atoms with Gasteiger partial charge in [0.15, 0.2) is 0 Å². The second kappa shape index (κ2) is 6.24. The number of amides is 1. The third kappa shape index (κ3) is 3.29. The minimum Gasteiger partial charge on any atom is -0.492 e. The highest BCUT2D eigenvalue weighted by Crippen LogP contribution is 2.22. The number of hydrogen-bond acceptors (Lipinski definition) is 4. The molecule has 1 N–H and O–H groups in total. The first-order valence-electron chi connectivity index (χ1n) is 7.11. The Bertz CT molecular complexity index is 472. The van der Waals surface area contributed by atoms with E-state index in [1.54, 1.807) is 0 Å². The molecule has 0 radical (unpaired) electrons. The molecule has 3 rings (SSSR count). The summed E-state index contributed by atoms with van der Waals surface area (Å²) in [4.78, 5) is 14.2. The fraction of sp³-hybridized carbons (Fsp3) is 0.533. The van der Waals surface area contributed by atoms with E-state index < -0.39 is 0 Å². The van der Waals surface area contributed by atoms with Gasteiger partial charge in [-0.3, -0.25) is 9.69 Å². The van der Waals surface area contributed by atoms with Crippen molar-refractivity contribution in [3.8, 4) is 5.75 Å². The number of nitrogens with one attached hydrogen (secondary N) is 1. The van der Waals surface area contributed by atoms with Gasteiger partial charge < -0.3 is 14.8 Å². The standard InChI is InChI=1S/C15H20N2O3/c18-15(16-13-5-7-19-11-13)10-17-6-8-20-14-4-2-1-3-12(14)9-17/h1-4,13H,5-11H2,(H,16,18)/t13-/m0/s1. The lowest BCUT2D eigenvalue weighted by atomic mass is 10.2. The number of benzene rings is 1. The van der Waals surface area contributed by atoms with Crippen LogP contribution in [0.4, 0.5) is 0 Å². The molecule has 1 saturated heterocycles. The van der Waals surface area contributed by atoms with Crippen LogP contribution in [0.25, 0.3) is 0 Å². The lowest BCUT2D eigenvalue weighted by Crippen LogP contribution is -2.42. The van der Waals surface area contributed by atoms with Gasteiger partial charge in [-0.1, -0.05) is 18.2 Å². The first-order chi connectivity index (χ1) is 9.81. The van der Waals surface area contributed by atoms with Crippen LogP contribution in [0, 0.1) is 0 Å². The fourth-order valence-corrected chi connectivity index (χ4v) is 2.64. The zero-order valence-electron chi connectivity index (χ0n) is 11.5. The number of carbonyl (C=O) groups excluding carboxylic acids is 1. The maximum absolute atomic E-state index is 12.0. The third-order valence-corrected chi connectivity index (χ3v) is 3.69. The van der Waals surface area contributed by atoms with Crippen LogP contribution < -0.4 is 10.1 Å². The summed E-state index contributed by atoms with van der Waals surface area (Å²) in [6, 6.07) is 8.19. The highest BCUT2D eigenvalue weighted by molar-refractivity contribution is 5.78. The van der Waals surface area contributed by atoms with Crippen LogP contribution in [0.3, 0.4) is 0 Å². The minimum absolute atomic E-state index is 0.0693. The topological polar surface area (TPSA) is 50.8 Å². The molecule has 0 unspecified atom stereocenters. The summed E-state index contributed by atoms with van der Waals surface area (Å²) < 4.78 is 11.0. The number of hydrogen-bond donors (Lipinski definition) is 1. The van der Waals surface area contributed by atoms with E-state index in [4.69, 9.17) is 9.47 Å². The highest BCUT2D eigenvalue weighted by Gasteiger charge is 2.21. The van der Waals surface area contributed by atoms with Gasteiger partial charge in [-0.05, 0) is 12.5 Å². The van der Waals surface area contributed by atoms with Crippen LogP contribution in [-0.4, -0.2) is 49.8 Å². The van der Waals surface area contributed by atoms with Crippen molar-refractivity contribution in [2.45, 2.75) is 19.0 Å². The van der Waals surface area contributed by atoms with Gasteiger partial charge in [0.1, 0.15) is 12.4 Å². The van der Waals surface area contributed by atoms with E-state index in [1.165, 1.54) is 0 Å². The number of rotatable bonds is 3. The molecule has 1 atom stereocenters. The molecule has 5 heteroatoms. The molecule has 2 aliphatic rings. The van der Waals surface area contributed by atoms with E-state index in [0.29, 0.717) is 19.8 Å². The molecule has 5 nitrogen and oxygen atoms in total. The smallest absolute Gasteiger partial charge is 0.234 e. The molecule has 2 heterocycles. The molecule has 20 heavy (non-hydrogen) atoms. The molecule has 0 aromatic heterocycles. The summed E-state index contributed by atoms with van der Waals surface area (Å²) in [7, 11) is 0. The van der Waals surface area contributed by atoms with Crippen LogP contribution in [0.2, 0.25) is 0 Å². The Kier molecular flexibility index (Phi) is 4.18. The molecule has 1 aromatic rings. The van der Waals surface area contributed by atoms with Gasteiger partial charge in [0.25, 0.3) is 0 Å². The molecular formula is C15H20N2O3. The molecule has 0 aliphatic carbocycles. The molecule has 0 bridgehead atoms. The van der Waals surface area contributed by atoms with Crippen molar-refractivity contribution in [1.29, 1.82) is 0 Å². The van der Waals surface area contributed by atoms with Crippen molar-refractivity contribution in [2.24, 2.45) is 0 Å². The van der Waals surface area contributed by atoms with Crippen molar-refractivity contribution in [3.05, 3.63) is 29.8 Å². The van der Waals surface area contributed by atoms with E-state index in [0.717, 1.165) is 37.4 Å². The van der Waals surface area contributed by atoms with E-state index in [1.807, 2.05) is 18.2 Å². The van der Waals surface area contributed by atoms with Gasteiger partial charge in [-0.25, -0.2) is 0 Å². The summed E-state index contributed by atoms with van der Waals surface area (Å²) >= 11 is 0. The van der Waals surface area contributed by atoms with Crippen LogP contribution in [-0.2, 0) is 16.1 Å². The average molecular weight is 276 g/mol. The van der Waals surface area contributed by atoms with Gasteiger partial charge in [0.2, 0.25) is 5.91 Å². The summed E-state index contributed by atoms with van der Waals surface area (Å²) in [5, 5.41) is 3.02. The van der Waals surface area contributed by atoms with Crippen molar-refractivity contribution in [1.82, 2.24) is 10.2 Å². The van der Waals surface area contributed by atoms with Crippen LogP contribution in [0.1, 0.15) is 12.0 Å². The van der Waals surface area contributed by atoms with Crippen molar-refractivity contribution < 1.29 is 14.3 Å². The Morgan fingerprint density at radius 3 is 3.10 bits per heavy atom. The van der Waals surface area contributed by atoms with Gasteiger partial charge in [0.05, 0.1) is 19.2 Å². The summed E-state index contributed by atoms with van der Waals surface area (Å²) in [5.74, 6) is 1.000. The zero-order valence-corrected chi connectivity index (χ0v) is 11.5. The van der Waals surface area contributed by atoms with E-state index in [-0.39, 0.29) is 11.9 Å². The molecule has 0 spiro atoms. The molecule has 1 aromatic carbocycles. The Balaban J connectivity index is 1.56. The molecule has 0 saturated carbocycles. The van der Waals surface area contributed by atoms with E-state index >= 15 is 0 Å². The summed E-state index contributed by atoms with van der Waals surface area (Å²) in [6.07, 6.45) is 0.914. The Morgan fingerprint density at radius 2 is 2.25 bits per heavy atom. The monoisotopic (exact) mass is 276 g/mol. The van der Waals surface area contributed by atoms with Crippen molar-refractivity contribution in [3.63, 3.8) is 0 Å². The first kappa shape index (κ1) is 13.4. The van der Waals surface area contributed by atoms with E-state index in [2.05, 4.69) is 16.3 Å². The van der Waals surface area contributed by atoms with Crippen molar-refractivity contribution in [2.75, 3.05) is 32.9 Å². The first-order valence-corrected chi connectivity index (χ1v) is 7.11. The predicted octanol–water partition coefficient (Wildman–Crippen LogP) is 0.786. The second-order valence-corrected chi connectivity index (χ2v) is 5.29. The molecular weight excluding hydrogens is 256 g/mol. The number of nitrogens with zero attached hydrogens (tertiary/aromatic N) is 1. The maximum Gasteiger partial charge on any atom is 0.234 e. The Labute approximate surface area is 118 Å². The Morgan fingerprint density at radius 1 is 1.35 bits per heavy atom. The largest absolute Gasteiger partial charge is 0.492 e. The second-order valence-electron chi connectivity index (χ2n) is 5.29. The van der Waals surface area contributed by atoms with Crippen LogP contribution in [0.15, 0.2) is 24.3 Å². The minimum atomic E-state index is 0.0693. The highest BCUT2D eigenvalue weighted by atomic mass is 16.5. The van der Waals surface area contributed by atoms with Crippen molar-refractivity contribution >= 4 is 5.91 Å². The number of ether oxygens (including phenoxy) is 2. The van der Waals surface area contributed by atoms with Gasteiger partial charge in [-0.15, -0.1) is 0 Å². The number of para-hydroxylation sites is 1. The quantitative estimate of drug-likeness (QED) is 0.886. The van der Waals surface area contributed by atoms with Crippen LogP contribution >= 0.6 is 0 Å². The fourth-order valence-electron chi connectivity index (χ4n) is 2.64. The summed E-state index contributed by atoms with van der Waals surface area (Å²) in [6.45, 7) is 3.94. The lowest BCUT2D eigenvalue weighted by molar-refractivity contribution is -0.123. The van der Waals surface area contributed by atoms with E-state index in [9.17, 15) is 4.79 Å². The molecule has 1 amide bonds. The van der Waals surface area contributed by atoms with Gasteiger partial charge >= 0.3 is 0 Å². The number of fused-ring (bicyclic) bond motifs is 1. The normalized spacial score (nSPS) is 22.7. The van der Waals surface area contributed by atoms with Gasteiger partial charge in [-0.2, -0.15) is 0 Å². The predicted molar refractivity (Wildman–Crippen MR) is 74.6 cm³/mol. The maximum atomic E-state index is 12.0. The molecule has 1 fully saturated rings. The third-order valence-electron chi connectivity index (χ3n) is 3.69. The van der Waals surface area contributed by atoms with Gasteiger partial charge in [0, 0.05) is 25.3 Å². The molecule has 2 aliphatic heterocycles. The zero-order chi connectivity index (χ0) is 13.8. The molecule has 108 valence electrons. The Hall–Kier alpha value is -1.59. The number of carbonyl (C=O) groups is 1. The SMILES string of the molecule is O=C(CN1CCOc2ccccc2C1)N[C@H]1CCOC1. The van der Waals surface area contributed by atoms with Crippen LogP contribution in [0.5, 0.6) is 5.75 Å².